The Kier molecular flexibility index (Phi) is 5.03. The summed E-state index contributed by atoms with van der Waals surface area (Å²) in [5, 5.41) is 4.98. The lowest BCUT2D eigenvalue weighted by molar-refractivity contribution is -0.115. The Morgan fingerprint density at radius 3 is 2.96 bits per heavy atom. The van der Waals surface area contributed by atoms with Crippen LogP contribution in [0.3, 0.4) is 0 Å². The number of fused-ring (bicyclic) bond motifs is 1. The molecule has 1 amide bonds. The van der Waals surface area contributed by atoms with Gasteiger partial charge in [-0.05, 0) is 55.0 Å². The molecule has 0 radical (unpaired) electrons. The van der Waals surface area contributed by atoms with Gasteiger partial charge in [0.1, 0.15) is 10.8 Å². The van der Waals surface area contributed by atoms with E-state index in [0.29, 0.717) is 10.6 Å². The van der Waals surface area contributed by atoms with Crippen molar-refractivity contribution in [2.75, 3.05) is 23.9 Å². The molecule has 0 saturated heterocycles. The molecule has 0 bridgehead atoms. The highest BCUT2D eigenvalue weighted by Crippen LogP contribution is 2.31. The smallest absolute Gasteiger partial charge is 0.340 e. The summed E-state index contributed by atoms with van der Waals surface area (Å²) < 4.78 is 18.2. The van der Waals surface area contributed by atoms with Crippen LogP contribution in [0.5, 0.6) is 0 Å². The molecule has 1 N–H and O–H groups in total. The fourth-order valence-corrected chi connectivity index (χ4v) is 3.82. The summed E-state index contributed by atoms with van der Waals surface area (Å²) in [7, 11) is 1.30. The normalized spacial score (nSPS) is 16.3. The van der Waals surface area contributed by atoms with Crippen molar-refractivity contribution in [2.24, 2.45) is 0 Å². The third kappa shape index (κ3) is 3.66. The number of anilines is 2. The fourth-order valence-electron chi connectivity index (χ4n) is 3.03. The third-order valence-corrected chi connectivity index (χ3v) is 5.18. The van der Waals surface area contributed by atoms with Gasteiger partial charge in [-0.2, -0.15) is 0 Å². The van der Waals surface area contributed by atoms with E-state index in [0.717, 1.165) is 24.1 Å². The van der Waals surface area contributed by atoms with Crippen LogP contribution >= 0.6 is 11.3 Å². The molecular weight excluding hydrogens is 343 g/mol. The van der Waals surface area contributed by atoms with Crippen molar-refractivity contribution < 1.29 is 18.7 Å². The van der Waals surface area contributed by atoms with Gasteiger partial charge in [-0.25, -0.2) is 9.18 Å². The van der Waals surface area contributed by atoms with Gasteiger partial charge in [-0.15, -0.1) is 11.3 Å². The molecule has 1 aliphatic rings. The Labute approximate surface area is 149 Å². The van der Waals surface area contributed by atoms with Gasteiger partial charge in [-0.3, -0.25) is 4.79 Å². The van der Waals surface area contributed by atoms with Crippen LogP contribution in [0.25, 0.3) is 0 Å². The van der Waals surface area contributed by atoms with Crippen LogP contribution in [0.15, 0.2) is 29.6 Å². The van der Waals surface area contributed by atoms with Gasteiger partial charge in [0.2, 0.25) is 5.91 Å². The number of aryl methyl sites for hydroxylation is 1. The lowest BCUT2D eigenvalue weighted by Gasteiger charge is -2.36. The number of ether oxygens (including phenoxy) is 1. The van der Waals surface area contributed by atoms with Crippen LogP contribution in [-0.4, -0.2) is 31.6 Å². The Hall–Kier alpha value is -2.41. The lowest BCUT2D eigenvalue weighted by Crippen LogP contribution is -2.42. The van der Waals surface area contributed by atoms with Gasteiger partial charge in [0.05, 0.1) is 19.2 Å². The maximum absolute atomic E-state index is 13.4. The van der Waals surface area contributed by atoms with E-state index in [1.807, 2.05) is 11.8 Å². The summed E-state index contributed by atoms with van der Waals surface area (Å²) in [6.45, 7) is 2.18. The second kappa shape index (κ2) is 7.23. The quantitative estimate of drug-likeness (QED) is 0.847. The minimum atomic E-state index is -0.483. The molecule has 0 spiro atoms. The highest BCUT2D eigenvalue weighted by molar-refractivity contribution is 7.14. The third-order valence-electron chi connectivity index (χ3n) is 4.35. The van der Waals surface area contributed by atoms with E-state index >= 15 is 0 Å². The molecule has 3 rings (SSSR count). The second-order valence-corrected chi connectivity index (χ2v) is 6.91. The predicted molar refractivity (Wildman–Crippen MR) is 95.8 cm³/mol. The molecule has 7 heteroatoms. The first kappa shape index (κ1) is 17.4. The van der Waals surface area contributed by atoms with Crippen molar-refractivity contribution in [1.29, 1.82) is 0 Å². The Bertz CT molecular complexity index is 805. The number of thiophene rings is 1. The van der Waals surface area contributed by atoms with E-state index in [9.17, 15) is 14.0 Å². The van der Waals surface area contributed by atoms with Crippen molar-refractivity contribution in [1.82, 2.24) is 0 Å². The number of rotatable bonds is 4. The second-order valence-electron chi connectivity index (χ2n) is 5.99. The van der Waals surface area contributed by atoms with E-state index < -0.39 is 5.97 Å². The largest absolute Gasteiger partial charge is 0.465 e. The first-order valence-electron chi connectivity index (χ1n) is 8.00. The molecule has 1 aromatic heterocycles. The maximum Gasteiger partial charge on any atom is 0.340 e. The SMILES string of the molecule is COC(=O)c1ccsc1NC(=O)CN1c2ccc(F)cc2CCC1C. The van der Waals surface area contributed by atoms with Crippen LogP contribution < -0.4 is 10.2 Å². The number of esters is 1. The van der Waals surface area contributed by atoms with Gasteiger partial charge >= 0.3 is 5.97 Å². The first-order chi connectivity index (χ1) is 12.0. The molecular formula is C18H19FN2O3S. The number of carbonyl (C=O) groups excluding carboxylic acids is 2. The number of amides is 1. The number of benzene rings is 1. The van der Waals surface area contributed by atoms with Gasteiger partial charge in [0.15, 0.2) is 0 Å². The highest BCUT2D eigenvalue weighted by Gasteiger charge is 2.26. The summed E-state index contributed by atoms with van der Waals surface area (Å²) in [6, 6.07) is 6.45. The molecule has 0 aliphatic carbocycles. The summed E-state index contributed by atoms with van der Waals surface area (Å²) in [5.74, 6) is -0.973. The highest BCUT2D eigenvalue weighted by atomic mass is 32.1. The fraction of sp³-hybridized carbons (Fsp3) is 0.333. The van der Waals surface area contributed by atoms with E-state index in [-0.39, 0.29) is 24.3 Å². The monoisotopic (exact) mass is 362 g/mol. The van der Waals surface area contributed by atoms with Gasteiger partial charge in [0, 0.05) is 11.7 Å². The number of nitrogens with one attached hydrogen (secondary N) is 1. The molecule has 0 fully saturated rings. The first-order valence-corrected chi connectivity index (χ1v) is 8.88. The van der Waals surface area contributed by atoms with Crippen molar-refractivity contribution in [3.05, 3.63) is 46.6 Å². The average Bonchev–Trinajstić information content (AvgIpc) is 3.04. The number of carbonyl (C=O) groups is 2. The van der Waals surface area contributed by atoms with Crippen molar-refractivity contribution >= 4 is 33.9 Å². The standard InChI is InChI=1S/C18H19FN2O3S/c1-11-3-4-12-9-13(19)5-6-15(12)21(11)10-16(22)20-17-14(7-8-25-17)18(23)24-2/h5-9,11H,3-4,10H2,1-2H3,(H,20,22). The number of methoxy groups -OCH3 is 1. The summed E-state index contributed by atoms with van der Waals surface area (Å²) in [5.41, 5.74) is 2.14. The number of nitrogens with zero attached hydrogens (tertiary/aromatic N) is 1. The number of hydrogen-bond donors (Lipinski definition) is 1. The number of halogens is 1. The molecule has 1 aliphatic heterocycles. The molecule has 1 unspecified atom stereocenters. The Morgan fingerprint density at radius 2 is 2.20 bits per heavy atom. The van der Waals surface area contributed by atoms with E-state index in [4.69, 9.17) is 4.74 Å². The van der Waals surface area contributed by atoms with E-state index in [1.54, 1.807) is 17.5 Å². The van der Waals surface area contributed by atoms with Crippen molar-refractivity contribution in [3.8, 4) is 0 Å². The summed E-state index contributed by atoms with van der Waals surface area (Å²) >= 11 is 1.27. The van der Waals surface area contributed by atoms with Crippen LogP contribution in [0.1, 0.15) is 29.3 Å². The van der Waals surface area contributed by atoms with Gasteiger partial charge in [0.25, 0.3) is 0 Å². The van der Waals surface area contributed by atoms with Crippen molar-refractivity contribution in [2.45, 2.75) is 25.8 Å². The molecule has 2 aromatic rings. The average molecular weight is 362 g/mol. The zero-order valence-electron chi connectivity index (χ0n) is 14.0. The minimum Gasteiger partial charge on any atom is -0.465 e. The Morgan fingerprint density at radius 1 is 1.40 bits per heavy atom. The predicted octanol–water partition coefficient (Wildman–Crippen LogP) is 3.45. The van der Waals surface area contributed by atoms with Crippen molar-refractivity contribution in [3.63, 3.8) is 0 Å². The van der Waals surface area contributed by atoms with E-state index in [2.05, 4.69) is 5.32 Å². The summed E-state index contributed by atoms with van der Waals surface area (Å²) in [6.07, 6.45) is 1.65. The zero-order valence-corrected chi connectivity index (χ0v) is 14.9. The van der Waals surface area contributed by atoms with Gasteiger partial charge < -0.3 is 15.0 Å². The molecule has 132 valence electrons. The Balaban J connectivity index is 1.75. The topological polar surface area (TPSA) is 58.6 Å². The number of hydrogen-bond acceptors (Lipinski definition) is 5. The zero-order chi connectivity index (χ0) is 18.0. The van der Waals surface area contributed by atoms with Crippen LogP contribution in [0.4, 0.5) is 15.1 Å². The van der Waals surface area contributed by atoms with Crippen LogP contribution in [-0.2, 0) is 16.0 Å². The molecule has 25 heavy (non-hydrogen) atoms. The lowest BCUT2D eigenvalue weighted by atomic mass is 9.96. The molecule has 0 saturated carbocycles. The molecule has 5 nitrogen and oxygen atoms in total. The van der Waals surface area contributed by atoms with Crippen LogP contribution in [0, 0.1) is 5.82 Å². The van der Waals surface area contributed by atoms with E-state index in [1.165, 1.54) is 30.6 Å². The minimum absolute atomic E-state index is 0.137. The molecule has 1 aromatic carbocycles. The summed E-state index contributed by atoms with van der Waals surface area (Å²) in [4.78, 5) is 26.2. The molecule has 1 atom stereocenters. The maximum atomic E-state index is 13.4. The van der Waals surface area contributed by atoms with Crippen LogP contribution in [0.2, 0.25) is 0 Å². The molecule has 2 heterocycles. The van der Waals surface area contributed by atoms with Gasteiger partial charge in [-0.1, -0.05) is 0 Å².